The topological polar surface area (TPSA) is 92.8 Å². The maximum atomic E-state index is 12.6. The number of nitrogens with one attached hydrogen (secondary N) is 1. The number of rotatable bonds is 7. The quantitative estimate of drug-likeness (QED) is 0.667. The molecule has 0 bridgehead atoms. The first-order chi connectivity index (χ1) is 13.5. The van der Waals surface area contributed by atoms with Gasteiger partial charge in [-0.25, -0.2) is 13.2 Å². The van der Waals surface area contributed by atoms with E-state index in [-0.39, 0.29) is 6.61 Å². The van der Waals surface area contributed by atoms with Gasteiger partial charge in [0.2, 0.25) is 15.9 Å². The second kappa shape index (κ2) is 9.28. The number of amides is 1. The zero-order valence-corrected chi connectivity index (χ0v) is 18.2. The molecule has 0 aromatic heterocycles. The number of benzene rings is 2. The lowest BCUT2D eigenvalue weighted by Crippen LogP contribution is -2.38. The molecule has 0 fully saturated rings. The van der Waals surface area contributed by atoms with Crippen molar-refractivity contribution in [3.63, 3.8) is 0 Å². The van der Waals surface area contributed by atoms with Crippen molar-refractivity contribution in [3.8, 4) is 0 Å². The van der Waals surface area contributed by atoms with Gasteiger partial charge in [-0.3, -0.25) is 9.10 Å². The van der Waals surface area contributed by atoms with Crippen LogP contribution >= 0.6 is 11.6 Å². The molecule has 0 aliphatic heterocycles. The monoisotopic (exact) mass is 438 g/mol. The Hall–Kier alpha value is -2.58. The number of hydrogen-bond donors (Lipinski definition) is 1. The molecule has 29 heavy (non-hydrogen) atoms. The fourth-order valence-electron chi connectivity index (χ4n) is 2.65. The molecule has 0 saturated carbocycles. The molecule has 0 saturated heterocycles. The number of carbonyl (C=O) groups excluding carboxylic acids is 2. The van der Waals surface area contributed by atoms with Crippen molar-refractivity contribution < 1.29 is 22.7 Å². The number of hydrogen-bond acceptors (Lipinski definition) is 5. The molecule has 156 valence electrons. The van der Waals surface area contributed by atoms with Crippen molar-refractivity contribution in [3.05, 3.63) is 58.1 Å². The van der Waals surface area contributed by atoms with Gasteiger partial charge >= 0.3 is 5.97 Å². The van der Waals surface area contributed by atoms with E-state index in [0.717, 1.165) is 16.1 Å². The second-order valence-electron chi connectivity index (χ2n) is 6.50. The Bertz CT molecular complexity index is 1040. The predicted molar refractivity (Wildman–Crippen MR) is 114 cm³/mol. The number of ether oxygens (including phenoxy) is 1. The molecule has 0 heterocycles. The van der Waals surface area contributed by atoms with Crippen LogP contribution in [0.3, 0.4) is 0 Å². The molecule has 0 aliphatic carbocycles. The maximum Gasteiger partial charge on any atom is 0.338 e. The van der Waals surface area contributed by atoms with Crippen molar-refractivity contribution in [1.29, 1.82) is 0 Å². The molecule has 0 unspecified atom stereocenters. The summed E-state index contributed by atoms with van der Waals surface area (Å²) in [5, 5.41) is 3.03. The first-order valence-electron chi connectivity index (χ1n) is 8.84. The average molecular weight is 439 g/mol. The van der Waals surface area contributed by atoms with E-state index in [2.05, 4.69) is 5.32 Å². The molecule has 2 aromatic rings. The zero-order valence-electron chi connectivity index (χ0n) is 16.7. The second-order valence-corrected chi connectivity index (χ2v) is 8.84. The average Bonchev–Trinajstić information content (AvgIpc) is 2.63. The van der Waals surface area contributed by atoms with E-state index in [9.17, 15) is 18.0 Å². The highest BCUT2D eigenvalue weighted by atomic mass is 35.5. The molecule has 0 radical (unpaired) electrons. The Morgan fingerprint density at radius 2 is 1.76 bits per heavy atom. The molecule has 2 aromatic carbocycles. The smallest absolute Gasteiger partial charge is 0.338 e. The van der Waals surface area contributed by atoms with Crippen LogP contribution in [0, 0.1) is 13.8 Å². The molecule has 7 nitrogen and oxygen atoms in total. The van der Waals surface area contributed by atoms with Crippen LogP contribution in [0.4, 0.5) is 11.4 Å². The van der Waals surface area contributed by atoms with Crippen LogP contribution in [0.5, 0.6) is 0 Å². The van der Waals surface area contributed by atoms with E-state index in [1.807, 2.05) is 0 Å². The van der Waals surface area contributed by atoms with Gasteiger partial charge in [0.25, 0.3) is 0 Å². The number of halogens is 1. The van der Waals surface area contributed by atoms with Gasteiger partial charge in [0, 0.05) is 10.7 Å². The number of esters is 1. The number of nitrogens with zero attached hydrogens (tertiary/aromatic N) is 1. The summed E-state index contributed by atoms with van der Waals surface area (Å²) >= 11 is 6.00. The Labute approximate surface area is 175 Å². The third kappa shape index (κ3) is 5.95. The van der Waals surface area contributed by atoms with Crippen LogP contribution in [-0.2, 0) is 19.6 Å². The van der Waals surface area contributed by atoms with E-state index in [4.69, 9.17) is 16.3 Å². The molecule has 0 spiro atoms. The normalized spacial score (nSPS) is 11.1. The van der Waals surface area contributed by atoms with Crippen molar-refractivity contribution in [2.24, 2.45) is 0 Å². The van der Waals surface area contributed by atoms with Crippen LogP contribution in [0.25, 0.3) is 0 Å². The number of aryl methyl sites for hydroxylation is 2. The molecule has 2 rings (SSSR count). The Morgan fingerprint density at radius 3 is 2.38 bits per heavy atom. The molecule has 0 aliphatic rings. The SMILES string of the molecule is CCOC(=O)c1ccc(C)c(NC(=O)CN(c2cc(Cl)ccc2C)S(C)(=O)=O)c1. The largest absolute Gasteiger partial charge is 0.462 e. The summed E-state index contributed by atoms with van der Waals surface area (Å²) in [6, 6.07) is 9.60. The Balaban J connectivity index is 2.29. The van der Waals surface area contributed by atoms with Gasteiger partial charge in [-0.2, -0.15) is 0 Å². The summed E-state index contributed by atoms with van der Waals surface area (Å²) in [6.07, 6.45) is 1.02. The van der Waals surface area contributed by atoms with Gasteiger partial charge in [-0.1, -0.05) is 23.7 Å². The van der Waals surface area contributed by atoms with E-state index in [1.54, 1.807) is 45.0 Å². The van der Waals surface area contributed by atoms with Crippen molar-refractivity contribution in [2.75, 3.05) is 29.0 Å². The molecular weight excluding hydrogens is 416 g/mol. The van der Waals surface area contributed by atoms with Gasteiger partial charge < -0.3 is 10.1 Å². The summed E-state index contributed by atoms with van der Waals surface area (Å²) in [7, 11) is -3.74. The van der Waals surface area contributed by atoms with E-state index in [1.165, 1.54) is 12.1 Å². The number of carbonyl (C=O) groups is 2. The van der Waals surface area contributed by atoms with Crippen LogP contribution in [0.15, 0.2) is 36.4 Å². The molecular formula is C20H23ClN2O5S. The minimum absolute atomic E-state index is 0.233. The van der Waals surface area contributed by atoms with Crippen LogP contribution in [0.1, 0.15) is 28.4 Å². The van der Waals surface area contributed by atoms with E-state index >= 15 is 0 Å². The highest BCUT2D eigenvalue weighted by molar-refractivity contribution is 7.92. The van der Waals surface area contributed by atoms with Crippen LogP contribution in [0.2, 0.25) is 5.02 Å². The lowest BCUT2D eigenvalue weighted by atomic mass is 10.1. The highest BCUT2D eigenvalue weighted by Crippen LogP contribution is 2.26. The lowest BCUT2D eigenvalue weighted by Gasteiger charge is -2.24. The fraction of sp³-hybridized carbons (Fsp3) is 0.300. The van der Waals surface area contributed by atoms with Crippen molar-refractivity contribution in [2.45, 2.75) is 20.8 Å². The van der Waals surface area contributed by atoms with Crippen molar-refractivity contribution >= 4 is 44.9 Å². The van der Waals surface area contributed by atoms with Gasteiger partial charge in [-0.05, 0) is 56.2 Å². The first-order valence-corrected chi connectivity index (χ1v) is 11.1. The summed E-state index contributed by atoms with van der Waals surface area (Å²) in [5.74, 6) is -1.06. The molecule has 0 atom stereocenters. The summed E-state index contributed by atoms with van der Waals surface area (Å²) in [5.41, 5.74) is 2.40. The summed E-state index contributed by atoms with van der Waals surface area (Å²) in [4.78, 5) is 24.6. The Morgan fingerprint density at radius 1 is 1.10 bits per heavy atom. The minimum atomic E-state index is -3.74. The van der Waals surface area contributed by atoms with E-state index < -0.39 is 28.4 Å². The molecule has 1 amide bonds. The van der Waals surface area contributed by atoms with Gasteiger partial charge in [0.05, 0.1) is 24.1 Å². The predicted octanol–water partition coefficient (Wildman–Crippen LogP) is 3.54. The number of anilines is 2. The third-order valence-electron chi connectivity index (χ3n) is 4.15. The summed E-state index contributed by atoms with van der Waals surface area (Å²) in [6.45, 7) is 4.99. The van der Waals surface area contributed by atoms with Crippen LogP contribution in [-0.4, -0.2) is 39.7 Å². The lowest BCUT2D eigenvalue weighted by molar-refractivity contribution is -0.114. The Kier molecular flexibility index (Phi) is 7.26. The summed E-state index contributed by atoms with van der Waals surface area (Å²) < 4.78 is 30.6. The van der Waals surface area contributed by atoms with Gasteiger partial charge in [0.1, 0.15) is 6.54 Å². The third-order valence-corrected chi connectivity index (χ3v) is 5.51. The molecule has 9 heteroatoms. The van der Waals surface area contributed by atoms with Crippen LogP contribution < -0.4 is 9.62 Å². The highest BCUT2D eigenvalue weighted by Gasteiger charge is 2.23. The standard InChI is InChI=1S/C20H23ClN2O5S/c1-5-28-20(25)15-8-6-13(2)17(10-15)22-19(24)12-23(29(4,26)27)18-11-16(21)9-7-14(18)3/h6-11H,5,12H2,1-4H3,(H,22,24). The maximum absolute atomic E-state index is 12.6. The fourth-order valence-corrected chi connectivity index (χ4v) is 3.72. The van der Waals surface area contributed by atoms with Crippen molar-refractivity contribution in [1.82, 2.24) is 0 Å². The zero-order chi connectivity index (χ0) is 21.8. The van der Waals surface area contributed by atoms with E-state index in [0.29, 0.717) is 27.5 Å². The van der Waals surface area contributed by atoms with Gasteiger partial charge in [0.15, 0.2) is 0 Å². The molecule has 1 N–H and O–H groups in total. The van der Waals surface area contributed by atoms with Gasteiger partial charge in [-0.15, -0.1) is 0 Å². The minimum Gasteiger partial charge on any atom is -0.462 e. The number of sulfonamides is 1. The first kappa shape index (κ1) is 22.7.